The Hall–Kier alpha value is -1.81. The van der Waals surface area contributed by atoms with E-state index in [4.69, 9.17) is 4.74 Å². The van der Waals surface area contributed by atoms with Crippen molar-refractivity contribution in [3.63, 3.8) is 0 Å². The molecular weight excluding hydrogens is 342 g/mol. The van der Waals surface area contributed by atoms with Crippen molar-refractivity contribution in [2.75, 3.05) is 11.9 Å². The van der Waals surface area contributed by atoms with Crippen LogP contribution in [-0.2, 0) is 17.6 Å². The number of carbonyl (C=O) groups is 1. The molecule has 22 heavy (non-hydrogen) atoms. The van der Waals surface area contributed by atoms with Crippen LogP contribution in [0.1, 0.15) is 23.1 Å². The highest BCUT2D eigenvalue weighted by Crippen LogP contribution is 2.26. The summed E-state index contributed by atoms with van der Waals surface area (Å²) in [5.41, 5.74) is 4.65. The molecule has 114 valence electrons. The van der Waals surface area contributed by atoms with Crippen molar-refractivity contribution < 1.29 is 9.53 Å². The van der Waals surface area contributed by atoms with E-state index in [1.165, 1.54) is 17.5 Å². The quantitative estimate of drug-likeness (QED) is 0.885. The first-order valence-corrected chi connectivity index (χ1v) is 8.22. The van der Waals surface area contributed by atoms with Gasteiger partial charge < -0.3 is 10.1 Å². The molecule has 0 spiro atoms. The molecule has 0 saturated carbocycles. The fraction of sp³-hybridized carbons (Fsp3) is 0.278. The molecule has 1 aliphatic carbocycles. The molecule has 4 heteroatoms. The number of hydrogen-bond acceptors (Lipinski definition) is 2. The van der Waals surface area contributed by atoms with Crippen LogP contribution in [0.3, 0.4) is 0 Å². The Kier molecular flexibility index (Phi) is 4.48. The lowest BCUT2D eigenvalue weighted by molar-refractivity contribution is -0.118. The van der Waals surface area contributed by atoms with Gasteiger partial charge in [0.25, 0.3) is 5.91 Å². The van der Waals surface area contributed by atoms with E-state index < -0.39 is 0 Å². The van der Waals surface area contributed by atoms with E-state index in [1.54, 1.807) is 0 Å². The minimum Gasteiger partial charge on any atom is -0.484 e. The number of carbonyl (C=O) groups excluding carboxylic acids is 1. The van der Waals surface area contributed by atoms with Crippen LogP contribution >= 0.6 is 15.9 Å². The Morgan fingerprint density at radius 1 is 1.18 bits per heavy atom. The predicted octanol–water partition coefficient (Wildman–Crippen LogP) is 4.26. The Balaban J connectivity index is 1.58. The molecule has 0 atom stereocenters. The summed E-state index contributed by atoms with van der Waals surface area (Å²) in [4.78, 5) is 12.0. The second-order valence-electron chi connectivity index (χ2n) is 5.60. The van der Waals surface area contributed by atoms with Gasteiger partial charge in [-0.2, -0.15) is 0 Å². The lowest BCUT2D eigenvalue weighted by Crippen LogP contribution is -2.20. The molecule has 1 N–H and O–H groups in total. The molecule has 0 aliphatic heterocycles. The van der Waals surface area contributed by atoms with Crippen LogP contribution in [0.5, 0.6) is 5.75 Å². The maximum Gasteiger partial charge on any atom is 0.262 e. The van der Waals surface area contributed by atoms with E-state index in [0.717, 1.165) is 34.3 Å². The summed E-state index contributed by atoms with van der Waals surface area (Å²) in [7, 11) is 0. The molecule has 0 aromatic heterocycles. The van der Waals surface area contributed by atoms with Crippen LogP contribution in [0.2, 0.25) is 0 Å². The molecule has 0 unspecified atom stereocenters. The van der Waals surface area contributed by atoms with Gasteiger partial charge in [-0.05, 0) is 83.1 Å². The third-order valence-electron chi connectivity index (χ3n) is 3.84. The second-order valence-corrected chi connectivity index (χ2v) is 6.46. The SMILES string of the molecule is Cc1ccc(NC(=O)COc2ccc3c(c2)CCC3)c(Br)c1. The second kappa shape index (κ2) is 6.53. The van der Waals surface area contributed by atoms with Gasteiger partial charge in [0.15, 0.2) is 6.61 Å². The van der Waals surface area contributed by atoms with Gasteiger partial charge in [-0.15, -0.1) is 0 Å². The largest absolute Gasteiger partial charge is 0.484 e. The van der Waals surface area contributed by atoms with Crippen molar-refractivity contribution in [3.05, 3.63) is 57.6 Å². The Morgan fingerprint density at radius 2 is 2.00 bits per heavy atom. The molecule has 0 heterocycles. The van der Waals surface area contributed by atoms with Gasteiger partial charge in [0, 0.05) is 4.47 Å². The molecule has 3 rings (SSSR count). The van der Waals surface area contributed by atoms with Crippen LogP contribution in [0.4, 0.5) is 5.69 Å². The van der Waals surface area contributed by atoms with Crippen LogP contribution < -0.4 is 10.1 Å². The summed E-state index contributed by atoms with van der Waals surface area (Å²) in [6.07, 6.45) is 3.47. The summed E-state index contributed by atoms with van der Waals surface area (Å²) in [6.45, 7) is 2.02. The predicted molar refractivity (Wildman–Crippen MR) is 91.5 cm³/mol. The van der Waals surface area contributed by atoms with Gasteiger partial charge in [-0.1, -0.05) is 12.1 Å². The number of benzene rings is 2. The third-order valence-corrected chi connectivity index (χ3v) is 4.49. The first kappa shape index (κ1) is 15.1. The number of rotatable bonds is 4. The van der Waals surface area contributed by atoms with Gasteiger partial charge in [0.1, 0.15) is 5.75 Å². The van der Waals surface area contributed by atoms with Crippen molar-refractivity contribution >= 4 is 27.5 Å². The third kappa shape index (κ3) is 3.50. The van der Waals surface area contributed by atoms with E-state index in [1.807, 2.05) is 31.2 Å². The minimum absolute atomic E-state index is 0.0130. The van der Waals surface area contributed by atoms with Crippen LogP contribution in [0.15, 0.2) is 40.9 Å². The zero-order valence-electron chi connectivity index (χ0n) is 12.5. The summed E-state index contributed by atoms with van der Waals surface area (Å²) in [5, 5.41) is 2.85. The van der Waals surface area contributed by atoms with Gasteiger partial charge >= 0.3 is 0 Å². The number of aryl methyl sites for hydroxylation is 3. The number of fused-ring (bicyclic) bond motifs is 1. The van der Waals surface area contributed by atoms with Crippen molar-refractivity contribution in [2.24, 2.45) is 0 Å². The monoisotopic (exact) mass is 359 g/mol. The highest BCUT2D eigenvalue weighted by Gasteiger charge is 2.12. The molecule has 1 aliphatic rings. The average molecular weight is 360 g/mol. The molecule has 0 bridgehead atoms. The first-order chi connectivity index (χ1) is 10.6. The topological polar surface area (TPSA) is 38.3 Å². The molecule has 0 saturated heterocycles. The van der Waals surface area contributed by atoms with E-state index in [-0.39, 0.29) is 12.5 Å². The molecule has 0 radical (unpaired) electrons. The molecule has 2 aromatic rings. The van der Waals surface area contributed by atoms with E-state index in [9.17, 15) is 4.79 Å². The van der Waals surface area contributed by atoms with Crippen molar-refractivity contribution in [2.45, 2.75) is 26.2 Å². The van der Waals surface area contributed by atoms with Crippen LogP contribution in [-0.4, -0.2) is 12.5 Å². The first-order valence-electron chi connectivity index (χ1n) is 7.42. The molecule has 1 amide bonds. The molecule has 2 aromatic carbocycles. The molecular formula is C18H18BrNO2. The van der Waals surface area contributed by atoms with Crippen LogP contribution in [0, 0.1) is 6.92 Å². The van der Waals surface area contributed by atoms with Gasteiger partial charge in [0.05, 0.1) is 5.69 Å². The zero-order chi connectivity index (χ0) is 15.5. The van der Waals surface area contributed by atoms with E-state index >= 15 is 0 Å². The summed E-state index contributed by atoms with van der Waals surface area (Å²) < 4.78 is 6.48. The minimum atomic E-state index is -0.162. The Morgan fingerprint density at radius 3 is 2.82 bits per heavy atom. The van der Waals surface area contributed by atoms with Gasteiger partial charge in [0.2, 0.25) is 0 Å². The summed E-state index contributed by atoms with van der Waals surface area (Å²) in [5.74, 6) is 0.601. The average Bonchev–Trinajstić information content (AvgIpc) is 2.95. The normalized spacial score (nSPS) is 12.8. The number of amides is 1. The Labute approximate surface area is 138 Å². The highest BCUT2D eigenvalue weighted by molar-refractivity contribution is 9.10. The number of hydrogen-bond donors (Lipinski definition) is 1. The van der Waals surface area contributed by atoms with E-state index in [0.29, 0.717) is 0 Å². The summed E-state index contributed by atoms with van der Waals surface area (Å²) >= 11 is 3.45. The van der Waals surface area contributed by atoms with Crippen molar-refractivity contribution in [1.82, 2.24) is 0 Å². The maximum absolute atomic E-state index is 12.0. The highest BCUT2D eigenvalue weighted by atomic mass is 79.9. The van der Waals surface area contributed by atoms with Gasteiger partial charge in [-0.25, -0.2) is 0 Å². The fourth-order valence-corrected chi connectivity index (χ4v) is 3.29. The van der Waals surface area contributed by atoms with Crippen molar-refractivity contribution in [1.29, 1.82) is 0 Å². The number of anilines is 1. The number of ether oxygens (including phenoxy) is 1. The lowest BCUT2D eigenvalue weighted by Gasteiger charge is -2.10. The fourth-order valence-electron chi connectivity index (χ4n) is 2.69. The maximum atomic E-state index is 12.0. The van der Waals surface area contributed by atoms with E-state index in [2.05, 4.69) is 33.4 Å². The standard InChI is InChI=1S/C18H18BrNO2/c1-12-5-8-17(16(19)9-12)20-18(21)11-22-15-7-6-13-3-2-4-14(13)10-15/h5-10H,2-4,11H2,1H3,(H,20,21). The number of nitrogens with one attached hydrogen (secondary N) is 1. The molecule has 0 fully saturated rings. The molecule has 3 nitrogen and oxygen atoms in total. The summed E-state index contributed by atoms with van der Waals surface area (Å²) in [6, 6.07) is 11.9. The van der Waals surface area contributed by atoms with Crippen molar-refractivity contribution in [3.8, 4) is 5.75 Å². The smallest absolute Gasteiger partial charge is 0.262 e. The van der Waals surface area contributed by atoms with Gasteiger partial charge in [-0.3, -0.25) is 4.79 Å². The number of halogens is 1. The lowest BCUT2D eigenvalue weighted by atomic mass is 10.1. The Bertz CT molecular complexity index is 712. The van der Waals surface area contributed by atoms with Crippen LogP contribution in [0.25, 0.3) is 0 Å². The zero-order valence-corrected chi connectivity index (χ0v) is 14.1.